The maximum absolute atomic E-state index is 11.7. The smallest absolute Gasteiger partial charge is 0.374 e. The quantitative estimate of drug-likeness (QED) is 0.620. The molecule has 0 aliphatic carbocycles. The monoisotopic (exact) mass is 304 g/mol. The van der Waals surface area contributed by atoms with E-state index in [4.69, 9.17) is 16.3 Å². The van der Waals surface area contributed by atoms with Crippen molar-refractivity contribution in [2.75, 3.05) is 0 Å². The molecule has 0 amide bonds. The maximum atomic E-state index is 11.7. The highest BCUT2D eigenvalue weighted by atomic mass is 35.5. The molecule has 0 bridgehead atoms. The van der Waals surface area contributed by atoms with E-state index >= 15 is 0 Å². The lowest BCUT2D eigenvalue weighted by atomic mass is 10.0. The Morgan fingerprint density at radius 2 is 1.86 bits per heavy atom. The summed E-state index contributed by atoms with van der Waals surface area (Å²) in [6, 6.07) is 11.7. The molecule has 21 heavy (non-hydrogen) atoms. The van der Waals surface area contributed by atoms with E-state index in [0.29, 0.717) is 11.4 Å². The van der Waals surface area contributed by atoms with Gasteiger partial charge in [0.25, 0.3) is 0 Å². The first kappa shape index (κ1) is 15.5. The Bertz CT molecular complexity index is 677. The fraction of sp³-hybridized carbons (Fsp3) is 0.294. The van der Waals surface area contributed by atoms with E-state index in [1.54, 1.807) is 13.8 Å². The first-order valence-electron chi connectivity index (χ1n) is 6.89. The lowest BCUT2D eigenvalue weighted by Crippen LogP contribution is -2.21. The number of benzene rings is 2. The van der Waals surface area contributed by atoms with Gasteiger partial charge in [0.05, 0.1) is 11.1 Å². The molecule has 0 aliphatic heterocycles. The highest BCUT2D eigenvalue weighted by molar-refractivity contribution is 6.36. The molecule has 0 atom stereocenters. The molecule has 0 radical (unpaired) electrons. The van der Waals surface area contributed by atoms with E-state index in [0.717, 1.165) is 16.3 Å². The highest BCUT2D eigenvalue weighted by Gasteiger charge is 2.17. The van der Waals surface area contributed by atoms with Gasteiger partial charge < -0.3 is 4.74 Å². The first-order chi connectivity index (χ1) is 9.99. The molecule has 0 aliphatic rings. The van der Waals surface area contributed by atoms with Crippen LogP contribution in [0, 0.1) is 0 Å². The Morgan fingerprint density at radius 3 is 2.57 bits per heavy atom. The van der Waals surface area contributed by atoms with Gasteiger partial charge in [0, 0.05) is 11.8 Å². The Labute approximate surface area is 128 Å². The zero-order valence-electron chi connectivity index (χ0n) is 12.1. The maximum Gasteiger partial charge on any atom is 0.374 e. The molecule has 3 nitrogen and oxygen atoms in total. The Balaban J connectivity index is 2.09. The number of rotatable bonds is 5. The summed E-state index contributed by atoms with van der Waals surface area (Å²) < 4.78 is 4.88. The van der Waals surface area contributed by atoms with E-state index in [1.165, 1.54) is 0 Å². The number of carbonyl (C=O) groups is 2. The third-order valence-electron chi connectivity index (χ3n) is 3.14. The van der Waals surface area contributed by atoms with Gasteiger partial charge in [0.15, 0.2) is 0 Å². The van der Waals surface area contributed by atoms with Crippen molar-refractivity contribution < 1.29 is 14.3 Å². The number of esters is 1. The summed E-state index contributed by atoms with van der Waals surface area (Å²) in [6.07, 6.45) is 0.241. The van der Waals surface area contributed by atoms with Crippen LogP contribution in [0.3, 0.4) is 0 Å². The van der Waals surface area contributed by atoms with Gasteiger partial charge in [-0.3, -0.25) is 4.79 Å². The van der Waals surface area contributed by atoms with Crippen molar-refractivity contribution >= 4 is 34.1 Å². The molecule has 0 fully saturated rings. The van der Waals surface area contributed by atoms with Crippen LogP contribution in [0.2, 0.25) is 5.02 Å². The van der Waals surface area contributed by atoms with E-state index < -0.39 is 11.8 Å². The Kier molecular flexibility index (Phi) is 4.97. The van der Waals surface area contributed by atoms with Crippen LogP contribution in [0.15, 0.2) is 36.4 Å². The molecule has 110 valence electrons. The molecule has 0 unspecified atom stereocenters. The first-order valence-corrected chi connectivity index (χ1v) is 7.26. The van der Waals surface area contributed by atoms with Crippen molar-refractivity contribution in [2.45, 2.75) is 32.8 Å². The van der Waals surface area contributed by atoms with Crippen LogP contribution in [0.4, 0.5) is 0 Å². The summed E-state index contributed by atoms with van der Waals surface area (Å²) in [5.41, 5.74) is 0.862. The molecule has 0 N–H and O–H groups in total. The minimum atomic E-state index is -0.776. The van der Waals surface area contributed by atoms with E-state index in [-0.39, 0.29) is 12.5 Å². The summed E-state index contributed by atoms with van der Waals surface area (Å²) in [5.74, 6) is -1.30. The minimum Gasteiger partial charge on any atom is -0.457 e. The number of Topliss-reactive ketones (excluding diaryl/α,β-unsaturated/α-hetero) is 1. The molecule has 2 rings (SSSR count). The number of halogens is 1. The number of carbonyl (C=O) groups excluding carboxylic acids is 2. The van der Waals surface area contributed by atoms with Gasteiger partial charge in [-0.25, -0.2) is 4.79 Å². The van der Waals surface area contributed by atoms with Gasteiger partial charge in [0.1, 0.15) is 0 Å². The van der Waals surface area contributed by atoms with Crippen molar-refractivity contribution in [3.63, 3.8) is 0 Å². The Morgan fingerprint density at radius 1 is 1.14 bits per heavy atom. The molecule has 0 spiro atoms. The molecule has 4 heteroatoms. The van der Waals surface area contributed by atoms with Gasteiger partial charge >= 0.3 is 5.97 Å². The molecular formula is C17H17ClO3. The third kappa shape index (κ3) is 3.82. The molecule has 0 aromatic heterocycles. The standard InChI is InChI=1S/C17H17ClO3/c1-11(2)21-17(20)15(19)10-9-13-8-7-12-5-3-4-6-14(12)16(13)18/h3-8,11H,9-10H2,1-2H3. The summed E-state index contributed by atoms with van der Waals surface area (Å²) in [4.78, 5) is 23.2. The van der Waals surface area contributed by atoms with Crippen LogP contribution in [-0.2, 0) is 20.7 Å². The van der Waals surface area contributed by atoms with Crippen LogP contribution in [0.25, 0.3) is 10.8 Å². The van der Waals surface area contributed by atoms with Gasteiger partial charge in [-0.2, -0.15) is 0 Å². The summed E-state index contributed by atoms with van der Waals surface area (Å²) in [7, 11) is 0. The second-order valence-electron chi connectivity index (χ2n) is 5.14. The zero-order chi connectivity index (χ0) is 15.4. The van der Waals surface area contributed by atoms with Crippen LogP contribution < -0.4 is 0 Å². The number of ether oxygens (including phenoxy) is 1. The van der Waals surface area contributed by atoms with Crippen molar-refractivity contribution in [3.05, 3.63) is 47.0 Å². The average molecular weight is 305 g/mol. The molecule has 2 aromatic rings. The van der Waals surface area contributed by atoms with Crippen molar-refractivity contribution in [2.24, 2.45) is 0 Å². The van der Waals surface area contributed by atoms with Crippen LogP contribution in [0.5, 0.6) is 0 Å². The zero-order valence-corrected chi connectivity index (χ0v) is 12.8. The van der Waals surface area contributed by atoms with E-state index in [9.17, 15) is 9.59 Å². The largest absolute Gasteiger partial charge is 0.457 e. The fourth-order valence-electron chi connectivity index (χ4n) is 2.10. The van der Waals surface area contributed by atoms with Crippen molar-refractivity contribution in [3.8, 4) is 0 Å². The lowest BCUT2D eigenvalue weighted by Gasteiger charge is -2.09. The Hall–Kier alpha value is -1.87. The van der Waals surface area contributed by atoms with Gasteiger partial charge in [-0.05, 0) is 31.2 Å². The topological polar surface area (TPSA) is 43.4 Å². The predicted octanol–water partition coefficient (Wildman–Crippen LogP) is 3.95. The third-order valence-corrected chi connectivity index (χ3v) is 3.58. The fourth-order valence-corrected chi connectivity index (χ4v) is 2.43. The van der Waals surface area contributed by atoms with Crippen LogP contribution in [0.1, 0.15) is 25.8 Å². The number of aryl methyl sites for hydroxylation is 1. The number of hydrogen-bond acceptors (Lipinski definition) is 3. The molecule has 2 aromatic carbocycles. The van der Waals surface area contributed by atoms with Crippen LogP contribution in [-0.4, -0.2) is 17.9 Å². The van der Waals surface area contributed by atoms with E-state index in [1.807, 2.05) is 36.4 Å². The lowest BCUT2D eigenvalue weighted by molar-refractivity contribution is -0.156. The summed E-state index contributed by atoms with van der Waals surface area (Å²) in [5, 5.41) is 2.64. The van der Waals surface area contributed by atoms with Gasteiger partial charge in [0.2, 0.25) is 5.78 Å². The second-order valence-corrected chi connectivity index (χ2v) is 5.52. The number of ketones is 1. The molecule has 0 heterocycles. The normalized spacial score (nSPS) is 10.9. The van der Waals surface area contributed by atoms with Crippen LogP contribution >= 0.6 is 11.6 Å². The highest BCUT2D eigenvalue weighted by Crippen LogP contribution is 2.28. The van der Waals surface area contributed by atoms with Crippen molar-refractivity contribution in [1.29, 1.82) is 0 Å². The molecule has 0 saturated carbocycles. The average Bonchev–Trinajstić information content (AvgIpc) is 2.46. The predicted molar refractivity (Wildman–Crippen MR) is 83.5 cm³/mol. The molecule has 0 saturated heterocycles. The molecular weight excluding hydrogens is 288 g/mol. The van der Waals surface area contributed by atoms with Crippen molar-refractivity contribution in [1.82, 2.24) is 0 Å². The number of fused-ring (bicyclic) bond motifs is 1. The SMILES string of the molecule is CC(C)OC(=O)C(=O)CCc1ccc2ccccc2c1Cl. The summed E-state index contributed by atoms with van der Waals surface area (Å²) in [6.45, 7) is 3.43. The van der Waals surface area contributed by atoms with E-state index in [2.05, 4.69) is 0 Å². The van der Waals surface area contributed by atoms with Gasteiger partial charge in [-0.15, -0.1) is 0 Å². The summed E-state index contributed by atoms with van der Waals surface area (Å²) >= 11 is 6.36. The van der Waals surface area contributed by atoms with Gasteiger partial charge in [-0.1, -0.05) is 48.0 Å². The second kappa shape index (κ2) is 6.72. The minimum absolute atomic E-state index is 0.101. The number of hydrogen-bond donors (Lipinski definition) is 0.